The lowest BCUT2D eigenvalue weighted by Crippen LogP contribution is -2.23. The second kappa shape index (κ2) is 9.46. The smallest absolute Gasteiger partial charge is 0.237 e. The number of hydrogen-bond donors (Lipinski definition) is 2. The lowest BCUT2D eigenvalue weighted by molar-refractivity contribution is -0.115. The first kappa shape index (κ1) is 22.1. The van der Waals surface area contributed by atoms with Crippen LogP contribution in [-0.2, 0) is 4.79 Å². The maximum Gasteiger partial charge on any atom is 0.237 e. The molecule has 0 saturated heterocycles. The van der Waals surface area contributed by atoms with Crippen LogP contribution >= 0.6 is 35.0 Å². The van der Waals surface area contributed by atoms with E-state index in [1.165, 1.54) is 16.4 Å². The molecule has 2 aromatic carbocycles. The van der Waals surface area contributed by atoms with E-state index in [4.69, 9.17) is 38.5 Å². The van der Waals surface area contributed by atoms with E-state index in [1.54, 1.807) is 57.5 Å². The van der Waals surface area contributed by atoms with Crippen molar-refractivity contribution in [1.29, 1.82) is 0 Å². The van der Waals surface area contributed by atoms with Crippen LogP contribution in [0.3, 0.4) is 0 Å². The quantitative estimate of drug-likeness (QED) is 0.397. The average molecular weight is 468 g/mol. The van der Waals surface area contributed by atoms with Gasteiger partial charge in [0.05, 0.1) is 30.2 Å². The highest BCUT2D eigenvalue weighted by atomic mass is 35.5. The number of methoxy groups -OCH3 is 2. The van der Waals surface area contributed by atoms with Crippen LogP contribution in [0, 0.1) is 0 Å². The van der Waals surface area contributed by atoms with Gasteiger partial charge in [-0.3, -0.25) is 4.79 Å². The number of carbonyl (C=O) groups excluding carboxylic acids is 1. The second-order valence-corrected chi connectivity index (χ2v) is 8.27. The molecular weight excluding hydrogens is 449 g/mol. The van der Waals surface area contributed by atoms with Crippen molar-refractivity contribution in [1.82, 2.24) is 14.9 Å². The molecule has 1 aromatic heterocycles. The van der Waals surface area contributed by atoms with E-state index in [0.717, 1.165) is 0 Å². The number of thioether (sulfide) groups is 1. The third kappa shape index (κ3) is 4.75. The van der Waals surface area contributed by atoms with Gasteiger partial charge in [0.1, 0.15) is 0 Å². The van der Waals surface area contributed by atoms with Gasteiger partial charge in [0, 0.05) is 10.6 Å². The van der Waals surface area contributed by atoms with Gasteiger partial charge in [-0.05, 0) is 43.3 Å². The summed E-state index contributed by atoms with van der Waals surface area (Å²) in [6, 6.07) is 10.1. The molecule has 3 rings (SSSR count). The molecule has 0 aliphatic heterocycles. The Labute approximate surface area is 187 Å². The van der Waals surface area contributed by atoms with E-state index in [2.05, 4.69) is 15.5 Å². The zero-order chi connectivity index (χ0) is 21.8. The Kier molecular flexibility index (Phi) is 6.96. The zero-order valence-electron chi connectivity index (χ0n) is 16.3. The van der Waals surface area contributed by atoms with E-state index in [1.807, 2.05) is 0 Å². The molecule has 8 nitrogen and oxygen atoms in total. The number of nitrogens with one attached hydrogen (secondary N) is 1. The number of ether oxygens (including phenoxy) is 2. The van der Waals surface area contributed by atoms with E-state index >= 15 is 0 Å². The Morgan fingerprint density at radius 1 is 1.13 bits per heavy atom. The Morgan fingerprint density at radius 2 is 1.87 bits per heavy atom. The normalized spacial score (nSPS) is 11.8. The van der Waals surface area contributed by atoms with Crippen LogP contribution < -0.4 is 20.6 Å². The zero-order valence-corrected chi connectivity index (χ0v) is 18.7. The third-order valence-corrected chi connectivity index (χ3v) is 5.75. The highest BCUT2D eigenvalue weighted by Gasteiger charge is 2.21. The summed E-state index contributed by atoms with van der Waals surface area (Å²) < 4.78 is 11.9. The molecule has 1 heterocycles. The second-order valence-electron chi connectivity index (χ2n) is 6.12. The topological polar surface area (TPSA) is 104 Å². The van der Waals surface area contributed by atoms with Gasteiger partial charge in [-0.15, -0.1) is 10.2 Å². The van der Waals surface area contributed by atoms with Gasteiger partial charge in [0.15, 0.2) is 17.3 Å². The van der Waals surface area contributed by atoms with Gasteiger partial charge < -0.3 is 20.6 Å². The summed E-state index contributed by atoms with van der Waals surface area (Å²) in [6.07, 6.45) is 0. The van der Waals surface area contributed by atoms with Crippen LogP contribution in [0.5, 0.6) is 11.5 Å². The monoisotopic (exact) mass is 467 g/mol. The first-order valence-electron chi connectivity index (χ1n) is 8.69. The first-order chi connectivity index (χ1) is 14.3. The number of benzene rings is 2. The highest BCUT2D eigenvalue weighted by molar-refractivity contribution is 8.00. The Balaban J connectivity index is 1.75. The van der Waals surface area contributed by atoms with Crippen LogP contribution in [0.25, 0.3) is 11.4 Å². The molecule has 3 aromatic rings. The molecule has 0 radical (unpaired) electrons. The van der Waals surface area contributed by atoms with Crippen molar-refractivity contribution < 1.29 is 14.3 Å². The molecule has 30 heavy (non-hydrogen) atoms. The van der Waals surface area contributed by atoms with E-state index < -0.39 is 5.25 Å². The number of anilines is 1. The molecule has 0 saturated carbocycles. The number of carbonyl (C=O) groups is 1. The van der Waals surface area contributed by atoms with Crippen molar-refractivity contribution in [3.8, 4) is 22.9 Å². The maximum atomic E-state index is 12.5. The van der Waals surface area contributed by atoms with Gasteiger partial charge in [0.2, 0.25) is 11.1 Å². The van der Waals surface area contributed by atoms with Gasteiger partial charge >= 0.3 is 0 Å². The fourth-order valence-corrected chi connectivity index (χ4v) is 3.79. The maximum absolute atomic E-state index is 12.5. The van der Waals surface area contributed by atoms with Crippen LogP contribution in [-0.4, -0.2) is 40.3 Å². The molecular formula is C19H19Cl2N5O3S. The first-order valence-corrected chi connectivity index (χ1v) is 10.3. The molecule has 11 heteroatoms. The fraction of sp³-hybridized carbons (Fsp3) is 0.211. The van der Waals surface area contributed by atoms with Crippen molar-refractivity contribution >= 4 is 46.6 Å². The molecule has 0 aliphatic rings. The third-order valence-electron chi connectivity index (χ3n) is 4.15. The summed E-state index contributed by atoms with van der Waals surface area (Å²) in [5.74, 6) is 7.46. The number of nitrogens with zero attached hydrogens (tertiary/aromatic N) is 3. The van der Waals surface area contributed by atoms with E-state index in [9.17, 15) is 4.79 Å². The van der Waals surface area contributed by atoms with Crippen LogP contribution in [0.15, 0.2) is 41.6 Å². The van der Waals surface area contributed by atoms with E-state index in [0.29, 0.717) is 43.8 Å². The summed E-state index contributed by atoms with van der Waals surface area (Å²) in [6.45, 7) is 1.73. The summed E-state index contributed by atoms with van der Waals surface area (Å²) in [5.41, 5.74) is 1.17. The van der Waals surface area contributed by atoms with Gasteiger partial charge in [-0.2, -0.15) is 0 Å². The standard InChI is InChI=1S/C19H19Cl2N5O3S/c1-10(18(27)23-14-6-5-12(20)9-13(14)21)30-19-25-24-17(26(19)22)11-4-7-15(28-2)16(8-11)29-3/h4-10H,22H2,1-3H3,(H,23,27). The van der Waals surface area contributed by atoms with Crippen LogP contribution in [0.1, 0.15) is 6.92 Å². The lowest BCUT2D eigenvalue weighted by atomic mass is 10.2. The molecule has 0 spiro atoms. The minimum atomic E-state index is -0.513. The minimum absolute atomic E-state index is 0.264. The molecule has 0 fully saturated rings. The molecule has 3 N–H and O–H groups in total. The SMILES string of the molecule is COc1ccc(-c2nnc(SC(C)C(=O)Nc3ccc(Cl)cc3Cl)n2N)cc1OC. The summed E-state index contributed by atoms with van der Waals surface area (Å²) in [5, 5.41) is 11.7. The molecule has 1 unspecified atom stereocenters. The van der Waals surface area contributed by atoms with Crippen LogP contribution in [0.4, 0.5) is 5.69 Å². The van der Waals surface area contributed by atoms with Crippen molar-refractivity contribution in [2.75, 3.05) is 25.4 Å². The van der Waals surface area contributed by atoms with E-state index in [-0.39, 0.29) is 5.91 Å². The Hall–Kier alpha value is -2.62. The Morgan fingerprint density at radius 3 is 2.53 bits per heavy atom. The van der Waals surface area contributed by atoms with Gasteiger partial charge in [-0.25, -0.2) is 4.68 Å². The predicted molar refractivity (Wildman–Crippen MR) is 119 cm³/mol. The van der Waals surface area contributed by atoms with Gasteiger partial charge in [0.25, 0.3) is 0 Å². The van der Waals surface area contributed by atoms with Crippen molar-refractivity contribution in [2.45, 2.75) is 17.3 Å². The largest absolute Gasteiger partial charge is 0.493 e. The van der Waals surface area contributed by atoms with Crippen LogP contribution in [0.2, 0.25) is 10.0 Å². The van der Waals surface area contributed by atoms with Crippen molar-refractivity contribution in [3.63, 3.8) is 0 Å². The predicted octanol–water partition coefficient (Wildman–Crippen LogP) is 4.10. The Bertz CT molecular complexity index is 1080. The number of rotatable bonds is 7. The molecule has 0 aliphatic carbocycles. The molecule has 1 atom stereocenters. The molecule has 1 amide bonds. The highest BCUT2D eigenvalue weighted by Crippen LogP contribution is 2.33. The molecule has 0 bridgehead atoms. The number of amides is 1. The van der Waals surface area contributed by atoms with Crippen molar-refractivity contribution in [2.24, 2.45) is 0 Å². The van der Waals surface area contributed by atoms with Crippen molar-refractivity contribution in [3.05, 3.63) is 46.4 Å². The number of halogens is 2. The number of aromatic nitrogens is 3. The fourth-order valence-electron chi connectivity index (χ4n) is 2.57. The number of nitrogen functional groups attached to an aromatic ring is 1. The summed E-state index contributed by atoms with van der Waals surface area (Å²) in [4.78, 5) is 12.5. The molecule has 158 valence electrons. The number of hydrogen-bond acceptors (Lipinski definition) is 7. The minimum Gasteiger partial charge on any atom is -0.493 e. The average Bonchev–Trinajstić information content (AvgIpc) is 3.09. The van der Waals surface area contributed by atoms with Gasteiger partial charge in [-0.1, -0.05) is 35.0 Å². The summed E-state index contributed by atoms with van der Waals surface area (Å²) >= 11 is 13.2. The summed E-state index contributed by atoms with van der Waals surface area (Å²) in [7, 11) is 3.10. The number of nitrogens with two attached hydrogens (primary N) is 1. The lowest BCUT2D eigenvalue weighted by Gasteiger charge is -2.13.